The minimum Gasteiger partial charge on any atom is -0.508 e. The number of likely N-dealkylation sites (tertiary alicyclic amines) is 1. The van der Waals surface area contributed by atoms with E-state index in [4.69, 9.17) is 9.47 Å². The summed E-state index contributed by atoms with van der Waals surface area (Å²) in [5, 5.41) is 10.1. The number of hydrogen-bond donors (Lipinski definition) is 1. The van der Waals surface area contributed by atoms with Gasteiger partial charge in [0.1, 0.15) is 5.75 Å². The highest BCUT2D eigenvalue weighted by atomic mass is 16.5. The van der Waals surface area contributed by atoms with Crippen LogP contribution in [0.15, 0.2) is 42.5 Å². The van der Waals surface area contributed by atoms with Crippen molar-refractivity contribution >= 4 is 5.91 Å². The van der Waals surface area contributed by atoms with Crippen LogP contribution in [-0.2, 0) is 17.9 Å². The van der Waals surface area contributed by atoms with E-state index in [0.29, 0.717) is 38.0 Å². The summed E-state index contributed by atoms with van der Waals surface area (Å²) in [5.41, 5.74) is 1.97. The number of amides is 1. The van der Waals surface area contributed by atoms with Crippen LogP contribution in [0.3, 0.4) is 0 Å². The summed E-state index contributed by atoms with van der Waals surface area (Å²) in [5.74, 6) is 2.46. The molecule has 2 aliphatic rings. The van der Waals surface area contributed by atoms with Crippen molar-refractivity contribution in [1.29, 1.82) is 0 Å². The van der Waals surface area contributed by atoms with E-state index >= 15 is 0 Å². The predicted octanol–water partition coefficient (Wildman–Crippen LogP) is 4.06. The smallest absolute Gasteiger partial charge is 0.227 e. The second-order valence-corrected chi connectivity index (χ2v) is 9.29. The zero-order valence-electron chi connectivity index (χ0n) is 19.1. The van der Waals surface area contributed by atoms with Crippen LogP contribution in [0.1, 0.15) is 37.8 Å². The van der Waals surface area contributed by atoms with E-state index in [2.05, 4.69) is 18.7 Å². The van der Waals surface area contributed by atoms with Crippen LogP contribution in [0, 0.1) is 11.8 Å². The number of nitrogens with zero attached hydrogens (tertiary/aromatic N) is 2. The number of phenolic OH excluding ortho intramolecular Hbond substituents is 1. The summed E-state index contributed by atoms with van der Waals surface area (Å²) < 4.78 is 11.6. The molecule has 1 amide bonds. The molecular weight excluding hydrogens is 404 g/mol. The van der Waals surface area contributed by atoms with Gasteiger partial charge >= 0.3 is 0 Å². The van der Waals surface area contributed by atoms with E-state index in [1.54, 1.807) is 6.07 Å². The number of ether oxygens (including phenoxy) is 2. The Bertz CT molecular complexity index is 930. The summed E-state index contributed by atoms with van der Waals surface area (Å²) in [6, 6.07) is 13.4. The van der Waals surface area contributed by atoms with Crippen molar-refractivity contribution in [2.24, 2.45) is 11.8 Å². The lowest BCUT2D eigenvalue weighted by Gasteiger charge is -2.28. The summed E-state index contributed by atoms with van der Waals surface area (Å²) in [6.07, 6.45) is 1.73. The van der Waals surface area contributed by atoms with Gasteiger partial charge in [-0.05, 0) is 42.6 Å². The normalized spacial score (nSPS) is 18.5. The minimum absolute atomic E-state index is 0.0139. The predicted molar refractivity (Wildman–Crippen MR) is 124 cm³/mol. The van der Waals surface area contributed by atoms with Crippen LogP contribution in [0.2, 0.25) is 0 Å². The molecule has 0 bridgehead atoms. The molecule has 2 aromatic rings. The molecule has 6 nitrogen and oxygen atoms in total. The molecule has 0 saturated carbocycles. The molecule has 1 unspecified atom stereocenters. The van der Waals surface area contributed by atoms with Gasteiger partial charge in [-0.1, -0.05) is 38.1 Å². The number of carbonyl (C=O) groups is 1. The topological polar surface area (TPSA) is 62.2 Å². The van der Waals surface area contributed by atoms with E-state index in [1.165, 1.54) is 0 Å². The van der Waals surface area contributed by atoms with Crippen LogP contribution < -0.4 is 9.47 Å². The first kappa shape index (κ1) is 22.5. The van der Waals surface area contributed by atoms with Gasteiger partial charge in [0.2, 0.25) is 5.91 Å². The Balaban J connectivity index is 1.42. The lowest BCUT2D eigenvalue weighted by molar-refractivity contribution is -0.136. The lowest BCUT2D eigenvalue weighted by Crippen LogP contribution is -2.39. The zero-order chi connectivity index (χ0) is 22.5. The summed E-state index contributed by atoms with van der Waals surface area (Å²) >= 11 is 0. The molecule has 172 valence electrons. The SMILES string of the molecule is CC(C)CN(Cc1ccc2c(c1)OCCCO2)C(=O)C1CCN(Cc2ccccc2O)C1. The highest BCUT2D eigenvalue weighted by Gasteiger charge is 2.32. The molecule has 1 N–H and O–H groups in total. The maximum atomic E-state index is 13.5. The van der Waals surface area contributed by atoms with Gasteiger partial charge in [0, 0.05) is 38.2 Å². The van der Waals surface area contributed by atoms with Crippen molar-refractivity contribution in [2.45, 2.75) is 39.8 Å². The third-order valence-electron chi connectivity index (χ3n) is 6.09. The maximum Gasteiger partial charge on any atom is 0.227 e. The van der Waals surface area contributed by atoms with Crippen LogP contribution >= 0.6 is 0 Å². The summed E-state index contributed by atoms with van der Waals surface area (Å²) in [7, 11) is 0. The largest absolute Gasteiger partial charge is 0.508 e. The maximum absolute atomic E-state index is 13.5. The van der Waals surface area contributed by atoms with Gasteiger partial charge in [-0.25, -0.2) is 0 Å². The number of benzene rings is 2. The monoisotopic (exact) mass is 438 g/mol. The molecule has 0 aliphatic carbocycles. The molecule has 4 rings (SSSR count). The van der Waals surface area contributed by atoms with Crippen LogP contribution in [-0.4, -0.2) is 53.7 Å². The van der Waals surface area contributed by atoms with Crippen molar-refractivity contribution in [3.8, 4) is 17.2 Å². The molecule has 2 heterocycles. The molecule has 2 aromatic carbocycles. The fourth-order valence-electron chi connectivity index (χ4n) is 4.52. The molecule has 2 aliphatic heterocycles. The Hall–Kier alpha value is -2.73. The molecule has 1 saturated heterocycles. The second-order valence-electron chi connectivity index (χ2n) is 9.29. The average molecular weight is 439 g/mol. The molecule has 6 heteroatoms. The van der Waals surface area contributed by atoms with E-state index < -0.39 is 0 Å². The van der Waals surface area contributed by atoms with Gasteiger partial charge in [0.05, 0.1) is 19.1 Å². The number of rotatable bonds is 7. The number of aromatic hydroxyl groups is 1. The summed E-state index contributed by atoms with van der Waals surface area (Å²) in [4.78, 5) is 17.7. The van der Waals surface area contributed by atoms with Crippen LogP contribution in [0.25, 0.3) is 0 Å². The number of para-hydroxylation sites is 1. The molecule has 1 fully saturated rings. The molecular formula is C26H34N2O4. The Labute approximate surface area is 190 Å². The van der Waals surface area contributed by atoms with Crippen molar-refractivity contribution < 1.29 is 19.4 Å². The molecule has 0 radical (unpaired) electrons. The van der Waals surface area contributed by atoms with Crippen LogP contribution in [0.4, 0.5) is 0 Å². The van der Waals surface area contributed by atoms with Gasteiger partial charge in [-0.3, -0.25) is 9.69 Å². The zero-order valence-corrected chi connectivity index (χ0v) is 19.1. The standard InChI is InChI=1S/C26H34N2O4/c1-19(2)15-28(16-20-8-9-24-25(14-20)32-13-5-12-31-24)26(30)22-10-11-27(18-22)17-21-6-3-4-7-23(21)29/h3-4,6-9,14,19,22,29H,5,10-13,15-18H2,1-2H3. The Kier molecular flexibility index (Phi) is 7.20. The van der Waals surface area contributed by atoms with Gasteiger partial charge in [0.15, 0.2) is 11.5 Å². The minimum atomic E-state index is -0.0139. The highest BCUT2D eigenvalue weighted by Crippen LogP contribution is 2.31. The van der Waals surface area contributed by atoms with Crippen molar-refractivity contribution in [3.63, 3.8) is 0 Å². The van der Waals surface area contributed by atoms with Gasteiger partial charge in [0.25, 0.3) is 0 Å². The number of hydrogen-bond acceptors (Lipinski definition) is 5. The summed E-state index contributed by atoms with van der Waals surface area (Å²) in [6.45, 7) is 9.17. The van der Waals surface area contributed by atoms with Gasteiger partial charge < -0.3 is 19.5 Å². The third kappa shape index (κ3) is 5.54. The number of carbonyl (C=O) groups excluding carboxylic acids is 1. The Morgan fingerprint density at radius 3 is 2.72 bits per heavy atom. The number of fused-ring (bicyclic) bond motifs is 1. The van der Waals surface area contributed by atoms with Crippen molar-refractivity contribution in [1.82, 2.24) is 9.80 Å². The fourth-order valence-corrected chi connectivity index (χ4v) is 4.52. The molecule has 32 heavy (non-hydrogen) atoms. The van der Waals surface area contributed by atoms with Gasteiger partial charge in [-0.15, -0.1) is 0 Å². The number of phenols is 1. The van der Waals surface area contributed by atoms with Gasteiger partial charge in [-0.2, -0.15) is 0 Å². The lowest BCUT2D eigenvalue weighted by atomic mass is 10.0. The van der Waals surface area contributed by atoms with Crippen molar-refractivity contribution in [3.05, 3.63) is 53.6 Å². The molecule has 1 atom stereocenters. The van der Waals surface area contributed by atoms with E-state index in [0.717, 1.165) is 55.1 Å². The second kappa shape index (κ2) is 10.3. The molecule has 0 spiro atoms. The van der Waals surface area contributed by atoms with E-state index in [1.807, 2.05) is 41.3 Å². The van der Waals surface area contributed by atoms with Crippen molar-refractivity contribution in [2.75, 3.05) is 32.8 Å². The molecule has 0 aromatic heterocycles. The third-order valence-corrected chi connectivity index (χ3v) is 6.09. The van der Waals surface area contributed by atoms with E-state index in [-0.39, 0.29) is 11.8 Å². The van der Waals surface area contributed by atoms with E-state index in [9.17, 15) is 9.90 Å². The Morgan fingerprint density at radius 1 is 1.16 bits per heavy atom. The fraction of sp³-hybridized carbons (Fsp3) is 0.500. The Morgan fingerprint density at radius 2 is 1.94 bits per heavy atom. The van der Waals surface area contributed by atoms with Crippen LogP contribution in [0.5, 0.6) is 17.2 Å². The quantitative estimate of drug-likeness (QED) is 0.706. The first-order chi connectivity index (χ1) is 15.5. The first-order valence-corrected chi connectivity index (χ1v) is 11.7. The highest BCUT2D eigenvalue weighted by molar-refractivity contribution is 5.79. The average Bonchev–Trinajstić information content (AvgIpc) is 3.11. The first-order valence-electron chi connectivity index (χ1n) is 11.7.